The molecule has 2 rings (SSSR count). The number of rotatable bonds is 7. The van der Waals surface area contributed by atoms with E-state index >= 15 is 0 Å². The number of hydrogen-bond donors (Lipinski definition) is 2. The lowest BCUT2D eigenvalue weighted by Gasteiger charge is -2.22. The lowest BCUT2D eigenvalue weighted by atomic mass is 9.93. The van der Waals surface area contributed by atoms with Crippen molar-refractivity contribution in [2.45, 2.75) is 39.0 Å². The van der Waals surface area contributed by atoms with Crippen LogP contribution in [0.2, 0.25) is 0 Å². The topological polar surface area (TPSA) is 50.4 Å². The Hall–Kier alpha value is -1.26. The largest absolute Gasteiger partial charge is 0.494 e. The van der Waals surface area contributed by atoms with Gasteiger partial charge < -0.3 is 15.4 Å². The molecule has 5 heteroatoms. The van der Waals surface area contributed by atoms with Crippen LogP contribution < -0.4 is 15.4 Å². The first-order chi connectivity index (χ1) is 10.3. The molecule has 124 valence electrons. The van der Waals surface area contributed by atoms with E-state index in [1.807, 2.05) is 24.3 Å². The zero-order valence-corrected chi connectivity index (χ0v) is 14.1. The smallest absolute Gasteiger partial charge is 0.224 e. The number of amides is 1. The molecule has 1 saturated heterocycles. The minimum absolute atomic E-state index is 0. The van der Waals surface area contributed by atoms with Crippen LogP contribution in [0, 0.1) is 5.92 Å². The summed E-state index contributed by atoms with van der Waals surface area (Å²) in [6, 6.07) is 7.62. The van der Waals surface area contributed by atoms with Gasteiger partial charge in [0, 0.05) is 18.2 Å². The van der Waals surface area contributed by atoms with Gasteiger partial charge in [0.2, 0.25) is 5.91 Å². The van der Waals surface area contributed by atoms with Crippen molar-refractivity contribution in [3.63, 3.8) is 0 Å². The molecule has 1 aliphatic heterocycles. The standard InChI is InChI=1S/C17H26N2O2.ClH/c1-2-12-21-16-5-3-4-15(13-16)19-17(20)7-6-14-8-10-18-11-9-14;/h3-5,13-14,18H,2,6-12H2,1H3,(H,19,20);1H. The summed E-state index contributed by atoms with van der Waals surface area (Å²) in [5, 5.41) is 6.31. The average molecular weight is 327 g/mol. The Morgan fingerprint density at radius 1 is 1.36 bits per heavy atom. The van der Waals surface area contributed by atoms with Gasteiger partial charge in [-0.1, -0.05) is 13.0 Å². The second-order valence-corrected chi connectivity index (χ2v) is 5.66. The Balaban J connectivity index is 0.00000242. The van der Waals surface area contributed by atoms with Gasteiger partial charge in [0.15, 0.2) is 0 Å². The minimum Gasteiger partial charge on any atom is -0.494 e. The zero-order chi connectivity index (χ0) is 14.9. The van der Waals surface area contributed by atoms with Crippen LogP contribution >= 0.6 is 12.4 Å². The van der Waals surface area contributed by atoms with Crippen molar-refractivity contribution in [3.8, 4) is 5.75 Å². The third-order valence-electron chi connectivity index (χ3n) is 3.83. The van der Waals surface area contributed by atoms with Crippen LogP contribution in [0.5, 0.6) is 5.75 Å². The van der Waals surface area contributed by atoms with Crippen LogP contribution in [0.1, 0.15) is 39.0 Å². The number of piperidine rings is 1. The van der Waals surface area contributed by atoms with Crippen molar-refractivity contribution in [2.75, 3.05) is 25.0 Å². The summed E-state index contributed by atoms with van der Waals surface area (Å²) in [6.07, 6.45) is 4.94. The molecular formula is C17H27ClN2O2. The van der Waals surface area contributed by atoms with Gasteiger partial charge in [-0.15, -0.1) is 12.4 Å². The van der Waals surface area contributed by atoms with Crippen molar-refractivity contribution >= 4 is 24.0 Å². The van der Waals surface area contributed by atoms with Crippen LogP contribution in [0.15, 0.2) is 24.3 Å². The number of hydrogen-bond acceptors (Lipinski definition) is 3. The molecule has 1 fully saturated rings. The number of anilines is 1. The summed E-state index contributed by atoms with van der Waals surface area (Å²) in [5.41, 5.74) is 0.818. The number of ether oxygens (including phenoxy) is 1. The van der Waals surface area contributed by atoms with Crippen LogP contribution in [0.3, 0.4) is 0 Å². The highest BCUT2D eigenvalue weighted by Crippen LogP contribution is 2.20. The maximum Gasteiger partial charge on any atom is 0.224 e. The van der Waals surface area contributed by atoms with Gasteiger partial charge in [0.1, 0.15) is 5.75 Å². The molecule has 0 atom stereocenters. The molecule has 1 aliphatic rings. The molecule has 0 radical (unpaired) electrons. The first kappa shape index (κ1) is 18.8. The minimum atomic E-state index is 0. The molecule has 22 heavy (non-hydrogen) atoms. The fraction of sp³-hybridized carbons (Fsp3) is 0.588. The Bertz CT molecular complexity index is 448. The van der Waals surface area contributed by atoms with Crippen LogP contribution in [0.25, 0.3) is 0 Å². The summed E-state index contributed by atoms with van der Waals surface area (Å²) in [5.74, 6) is 1.60. The second kappa shape index (κ2) is 10.5. The number of nitrogens with one attached hydrogen (secondary N) is 2. The van der Waals surface area contributed by atoms with E-state index in [1.165, 1.54) is 12.8 Å². The maximum atomic E-state index is 12.0. The molecule has 1 aromatic carbocycles. The monoisotopic (exact) mass is 326 g/mol. The predicted molar refractivity (Wildman–Crippen MR) is 92.9 cm³/mol. The average Bonchev–Trinajstić information content (AvgIpc) is 2.52. The quantitative estimate of drug-likeness (QED) is 0.804. The van der Waals surface area contributed by atoms with E-state index in [4.69, 9.17) is 4.74 Å². The molecule has 0 bridgehead atoms. The number of halogens is 1. The fourth-order valence-corrected chi connectivity index (χ4v) is 2.61. The van der Waals surface area contributed by atoms with Gasteiger partial charge >= 0.3 is 0 Å². The first-order valence-electron chi connectivity index (χ1n) is 8.01. The molecule has 0 spiro atoms. The highest BCUT2D eigenvalue weighted by atomic mass is 35.5. The van der Waals surface area contributed by atoms with E-state index in [9.17, 15) is 4.79 Å². The zero-order valence-electron chi connectivity index (χ0n) is 13.3. The lowest BCUT2D eigenvalue weighted by molar-refractivity contribution is -0.116. The molecule has 2 N–H and O–H groups in total. The maximum absolute atomic E-state index is 12.0. The summed E-state index contributed by atoms with van der Waals surface area (Å²) < 4.78 is 5.57. The fourth-order valence-electron chi connectivity index (χ4n) is 2.61. The highest BCUT2D eigenvalue weighted by molar-refractivity contribution is 5.90. The van der Waals surface area contributed by atoms with Crippen molar-refractivity contribution < 1.29 is 9.53 Å². The number of carbonyl (C=O) groups is 1. The summed E-state index contributed by atoms with van der Waals surface area (Å²) >= 11 is 0. The van der Waals surface area contributed by atoms with E-state index < -0.39 is 0 Å². The first-order valence-corrected chi connectivity index (χ1v) is 8.01. The number of benzene rings is 1. The Morgan fingerprint density at radius 2 is 2.14 bits per heavy atom. The van der Waals surface area contributed by atoms with Gasteiger partial charge in [-0.25, -0.2) is 0 Å². The second-order valence-electron chi connectivity index (χ2n) is 5.66. The van der Waals surface area contributed by atoms with Gasteiger partial charge in [0.25, 0.3) is 0 Å². The van der Waals surface area contributed by atoms with Gasteiger partial charge in [-0.2, -0.15) is 0 Å². The van der Waals surface area contributed by atoms with Gasteiger partial charge in [-0.05, 0) is 56.8 Å². The summed E-state index contributed by atoms with van der Waals surface area (Å²) in [7, 11) is 0. The molecule has 1 aromatic rings. The molecule has 0 saturated carbocycles. The van der Waals surface area contributed by atoms with Gasteiger partial charge in [0.05, 0.1) is 6.61 Å². The van der Waals surface area contributed by atoms with Crippen molar-refractivity contribution in [1.29, 1.82) is 0 Å². The van der Waals surface area contributed by atoms with Crippen molar-refractivity contribution in [3.05, 3.63) is 24.3 Å². The van der Waals surface area contributed by atoms with Crippen molar-refractivity contribution in [1.82, 2.24) is 5.32 Å². The molecule has 1 heterocycles. The SMILES string of the molecule is CCCOc1cccc(NC(=O)CCC2CCNCC2)c1.Cl. The third-order valence-corrected chi connectivity index (χ3v) is 3.83. The Morgan fingerprint density at radius 3 is 2.86 bits per heavy atom. The molecular weight excluding hydrogens is 300 g/mol. The Labute approximate surface area is 139 Å². The highest BCUT2D eigenvalue weighted by Gasteiger charge is 2.14. The van der Waals surface area contributed by atoms with E-state index in [-0.39, 0.29) is 18.3 Å². The van der Waals surface area contributed by atoms with Gasteiger partial charge in [-0.3, -0.25) is 4.79 Å². The predicted octanol–water partition coefficient (Wildman–Crippen LogP) is 3.62. The van der Waals surface area contributed by atoms with E-state index in [2.05, 4.69) is 17.6 Å². The van der Waals surface area contributed by atoms with Crippen molar-refractivity contribution in [2.24, 2.45) is 5.92 Å². The molecule has 1 amide bonds. The van der Waals surface area contributed by atoms with Crippen LogP contribution in [-0.2, 0) is 4.79 Å². The van der Waals surface area contributed by atoms with Crippen LogP contribution in [0.4, 0.5) is 5.69 Å². The molecule has 4 nitrogen and oxygen atoms in total. The molecule has 0 aromatic heterocycles. The Kier molecular flexibility index (Phi) is 8.94. The summed E-state index contributed by atoms with van der Waals surface area (Å²) in [4.78, 5) is 12.0. The van der Waals surface area contributed by atoms with Crippen LogP contribution in [-0.4, -0.2) is 25.6 Å². The lowest BCUT2D eigenvalue weighted by Crippen LogP contribution is -2.28. The number of carbonyl (C=O) groups excluding carboxylic acids is 1. The molecule has 0 unspecified atom stereocenters. The normalized spacial score (nSPS) is 15.0. The van der Waals surface area contributed by atoms with E-state index in [1.54, 1.807) is 0 Å². The summed E-state index contributed by atoms with van der Waals surface area (Å²) in [6.45, 7) is 4.95. The third kappa shape index (κ3) is 6.67. The van der Waals surface area contributed by atoms with E-state index in [0.29, 0.717) is 18.9 Å². The molecule has 0 aliphatic carbocycles. The van der Waals surface area contributed by atoms with E-state index in [0.717, 1.165) is 37.4 Å².